The van der Waals surface area contributed by atoms with Gasteiger partial charge in [-0.2, -0.15) is 0 Å². The third-order valence-corrected chi connectivity index (χ3v) is 4.61. The van der Waals surface area contributed by atoms with Crippen LogP contribution in [0.3, 0.4) is 0 Å². The Morgan fingerprint density at radius 3 is 2.30 bits per heavy atom. The molecule has 0 radical (unpaired) electrons. The zero-order valence-electron chi connectivity index (χ0n) is 12.8. The number of nitrogens with two attached hydrogens (primary N) is 1. The highest BCUT2D eigenvalue weighted by Gasteiger charge is 2.28. The molecule has 3 nitrogen and oxygen atoms in total. The zero-order valence-corrected chi connectivity index (χ0v) is 12.8. The lowest BCUT2D eigenvalue weighted by molar-refractivity contribution is -0.137. The van der Waals surface area contributed by atoms with Crippen LogP contribution in [0.25, 0.3) is 0 Å². The summed E-state index contributed by atoms with van der Waals surface area (Å²) in [4.78, 5) is 14.5. The molecular formula is C17H26N2O. The Kier molecular flexibility index (Phi) is 4.81. The van der Waals surface area contributed by atoms with Crippen LogP contribution in [-0.4, -0.2) is 23.9 Å². The molecule has 2 rings (SSSR count). The number of hydrogen-bond acceptors (Lipinski definition) is 2. The van der Waals surface area contributed by atoms with Gasteiger partial charge in [-0.25, -0.2) is 0 Å². The number of nitrogens with zero attached hydrogens (tertiary/aromatic N) is 1. The highest BCUT2D eigenvalue weighted by atomic mass is 16.2. The molecule has 1 aromatic rings. The number of carbonyl (C=O) groups excluding carboxylic acids is 1. The van der Waals surface area contributed by atoms with Gasteiger partial charge in [0.05, 0.1) is 6.04 Å². The van der Waals surface area contributed by atoms with Gasteiger partial charge in [0.1, 0.15) is 0 Å². The Morgan fingerprint density at radius 1 is 1.20 bits per heavy atom. The highest BCUT2D eigenvalue weighted by Crippen LogP contribution is 2.28. The molecule has 0 aliphatic heterocycles. The highest BCUT2D eigenvalue weighted by molar-refractivity contribution is 5.79. The Balaban J connectivity index is 2.00. The lowest BCUT2D eigenvalue weighted by atomic mass is 9.85. The molecule has 0 heterocycles. The van der Waals surface area contributed by atoms with Crippen molar-refractivity contribution < 1.29 is 4.79 Å². The molecule has 1 unspecified atom stereocenters. The van der Waals surface area contributed by atoms with Gasteiger partial charge in [-0.3, -0.25) is 4.79 Å². The first-order chi connectivity index (χ1) is 9.49. The van der Waals surface area contributed by atoms with Crippen LogP contribution < -0.4 is 5.73 Å². The van der Waals surface area contributed by atoms with E-state index in [0.29, 0.717) is 6.04 Å². The summed E-state index contributed by atoms with van der Waals surface area (Å²) in [6.45, 7) is 4.17. The van der Waals surface area contributed by atoms with Crippen LogP contribution in [0.5, 0.6) is 0 Å². The van der Waals surface area contributed by atoms with Gasteiger partial charge in [-0.05, 0) is 45.1 Å². The predicted octanol–water partition coefficient (Wildman–Crippen LogP) is 3.03. The number of rotatable bonds is 3. The minimum Gasteiger partial charge on any atom is -0.339 e. The van der Waals surface area contributed by atoms with Crippen molar-refractivity contribution in [1.82, 2.24) is 4.90 Å². The normalized spacial score (nSPS) is 24.2. The molecule has 1 aliphatic carbocycles. The number of amides is 1. The van der Waals surface area contributed by atoms with Gasteiger partial charge in [-0.15, -0.1) is 0 Å². The molecule has 1 atom stereocenters. The maximum absolute atomic E-state index is 12.6. The minimum atomic E-state index is 0.124. The van der Waals surface area contributed by atoms with Crippen LogP contribution in [-0.2, 0) is 4.79 Å². The maximum Gasteiger partial charge on any atom is 0.225 e. The lowest BCUT2D eigenvalue weighted by Gasteiger charge is -2.32. The zero-order chi connectivity index (χ0) is 14.7. The third kappa shape index (κ3) is 3.40. The van der Waals surface area contributed by atoms with Crippen molar-refractivity contribution in [1.29, 1.82) is 0 Å². The average molecular weight is 274 g/mol. The van der Waals surface area contributed by atoms with Gasteiger partial charge in [-0.1, -0.05) is 29.8 Å². The summed E-state index contributed by atoms with van der Waals surface area (Å²) in [7, 11) is 1.92. The van der Waals surface area contributed by atoms with Crippen molar-refractivity contribution >= 4 is 5.91 Å². The van der Waals surface area contributed by atoms with Gasteiger partial charge < -0.3 is 10.6 Å². The van der Waals surface area contributed by atoms with Crippen molar-refractivity contribution in [3.8, 4) is 0 Å². The predicted molar refractivity (Wildman–Crippen MR) is 82.3 cm³/mol. The summed E-state index contributed by atoms with van der Waals surface area (Å²) in [5.74, 6) is 0.428. The van der Waals surface area contributed by atoms with E-state index in [2.05, 4.69) is 38.1 Å². The van der Waals surface area contributed by atoms with Crippen molar-refractivity contribution in [2.75, 3.05) is 7.05 Å². The average Bonchev–Trinajstić information content (AvgIpc) is 2.46. The number of aryl methyl sites for hydroxylation is 1. The van der Waals surface area contributed by atoms with Crippen LogP contribution in [0.15, 0.2) is 24.3 Å². The number of carbonyl (C=O) groups is 1. The molecule has 1 saturated carbocycles. The fourth-order valence-corrected chi connectivity index (χ4v) is 2.91. The van der Waals surface area contributed by atoms with E-state index >= 15 is 0 Å². The molecular weight excluding hydrogens is 248 g/mol. The molecule has 0 aromatic heterocycles. The fourth-order valence-electron chi connectivity index (χ4n) is 2.91. The molecule has 1 aromatic carbocycles. The summed E-state index contributed by atoms with van der Waals surface area (Å²) in [5.41, 5.74) is 8.35. The van der Waals surface area contributed by atoms with Crippen LogP contribution in [0.4, 0.5) is 0 Å². The molecule has 1 aliphatic rings. The second-order valence-corrected chi connectivity index (χ2v) is 6.15. The van der Waals surface area contributed by atoms with Gasteiger partial charge in [0, 0.05) is 19.0 Å². The SMILES string of the molecule is Cc1ccc(C(C)N(C)C(=O)C2CCC(N)CC2)cc1. The molecule has 2 N–H and O–H groups in total. The summed E-state index contributed by atoms with van der Waals surface area (Å²) < 4.78 is 0. The molecule has 20 heavy (non-hydrogen) atoms. The van der Waals surface area contributed by atoms with E-state index in [9.17, 15) is 4.79 Å². The summed E-state index contributed by atoms with van der Waals surface area (Å²) in [5, 5.41) is 0. The first-order valence-corrected chi connectivity index (χ1v) is 7.58. The van der Waals surface area contributed by atoms with Crippen LogP contribution in [0, 0.1) is 12.8 Å². The Labute approximate surface area is 122 Å². The van der Waals surface area contributed by atoms with E-state index in [1.165, 1.54) is 11.1 Å². The second kappa shape index (κ2) is 6.40. The van der Waals surface area contributed by atoms with Gasteiger partial charge in [0.15, 0.2) is 0 Å². The minimum absolute atomic E-state index is 0.124. The topological polar surface area (TPSA) is 46.3 Å². The van der Waals surface area contributed by atoms with Crippen LogP contribution in [0.2, 0.25) is 0 Å². The van der Waals surface area contributed by atoms with Crippen LogP contribution in [0.1, 0.15) is 49.8 Å². The summed E-state index contributed by atoms with van der Waals surface area (Å²) >= 11 is 0. The van der Waals surface area contributed by atoms with Crippen molar-refractivity contribution in [3.63, 3.8) is 0 Å². The fraction of sp³-hybridized carbons (Fsp3) is 0.588. The standard InChI is InChI=1S/C17H26N2O/c1-12-4-6-14(7-5-12)13(2)19(3)17(20)15-8-10-16(18)11-9-15/h4-7,13,15-16H,8-11,18H2,1-3H3. The summed E-state index contributed by atoms with van der Waals surface area (Å²) in [6, 6.07) is 8.84. The van der Waals surface area contributed by atoms with Gasteiger partial charge in [0.25, 0.3) is 0 Å². The first-order valence-electron chi connectivity index (χ1n) is 7.58. The van der Waals surface area contributed by atoms with Gasteiger partial charge in [0.2, 0.25) is 5.91 Å². The van der Waals surface area contributed by atoms with Crippen molar-refractivity contribution in [2.45, 2.75) is 51.6 Å². The quantitative estimate of drug-likeness (QED) is 0.921. The van der Waals surface area contributed by atoms with E-state index < -0.39 is 0 Å². The Bertz CT molecular complexity index is 447. The molecule has 1 amide bonds. The van der Waals surface area contributed by atoms with E-state index in [1.54, 1.807) is 0 Å². The second-order valence-electron chi connectivity index (χ2n) is 6.15. The first kappa shape index (κ1) is 15.0. The monoisotopic (exact) mass is 274 g/mol. The van der Waals surface area contributed by atoms with Gasteiger partial charge >= 0.3 is 0 Å². The Hall–Kier alpha value is -1.35. The molecule has 110 valence electrons. The van der Waals surface area contributed by atoms with E-state index in [1.807, 2.05) is 11.9 Å². The smallest absolute Gasteiger partial charge is 0.225 e. The largest absolute Gasteiger partial charge is 0.339 e. The van der Waals surface area contributed by atoms with Crippen molar-refractivity contribution in [2.24, 2.45) is 11.7 Å². The van der Waals surface area contributed by atoms with E-state index in [0.717, 1.165) is 25.7 Å². The Morgan fingerprint density at radius 2 is 1.75 bits per heavy atom. The molecule has 0 saturated heterocycles. The lowest BCUT2D eigenvalue weighted by Crippen LogP contribution is -2.38. The molecule has 0 bridgehead atoms. The number of hydrogen-bond donors (Lipinski definition) is 1. The summed E-state index contributed by atoms with van der Waals surface area (Å²) in [6.07, 6.45) is 3.82. The van der Waals surface area contributed by atoms with Crippen LogP contribution >= 0.6 is 0 Å². The molecule has 0 spiro atoms. The number of benzene rings is 1. The third-order valence-electron chi connectivity index (χ3n) is 4.61. The van der Waals surface area contributed by atoms with E-state index in [-0.39, 0.29) is 17.9 Å². The van der Waals surface area contributed by atoms with Crippen molar-refractivity contribution in [3.05, 3.63) is 35.4 Å². The maximum atomic E-state index is 12.6. The molecule has 3 heteroatoms. The van der Waals surface area contributed by atoms with E-state index in [4.69, 9.17) is 5.73 Å². The molecule has 1 fully saturated rings.